The summed E-state index contributed by atoms with van der Waals surface area (Å²) in [6.07, 6.45) is 4.31. The molecule has 1 aliphatic carbocycles. The second kappa shape index (κ2) is 7.92. The fourth-order valence-corrected chi connectivity index (χ4v) is 4.98. The van der Waals surface area contributed by atoms with Gasteiger partial charge in [0.15, 0.2) is 11.6 Å². The number of rotatable bonds is 3. The Bertz CT molecular complexity index is 1150. The molecule has 2 aliphatic rings. The normalized spacial score (nSPS) is 22.7. The summed E-state index contributed by atoms with van der Waals surface area (Å²) in [4.78, 5) is 19.5. The van der Waals surface area contributed by atoms with Crippen molar-refractivity contribution in [1.82, 2.24) is 24.6 Å². The van der Waals surface area contributed by atoms with E-state index in [0.29, 0.717) is 29.6 Å². The predicted octanol–water partition coefficient (Wildman–Crippen LogP) is 5.20. The van der Waals surface area contributed by atoms with Gasteiger partial charge in [-0.1, -0.05) is 36.2 Å². The van der Waals surface area contributed by atoms with Crippen LogP contribution in [0.1, 0.15) is 54.4 Å². The molecule has 1 fully saturated rings. The molecule has 8 heteroatoms. The lowest BCUT2D eigenvalue weighted by atomic mass is 9.72. The fourth-order valence-electron chi connectivity index (χ4n) is 4.60. The van der Waals surface area contributed by atoms with Gasteiger partial charge in [0.1, 0.15) is 5.69 Å². The molecule has 0 unspecified atom stereocenters. The van der Waals surface area contributed by atoms with E-state index in [0.717, 1.165) is 23.3 Å². The van der Waals surface area contributed by atoms with Gasteiger partial charge < -0.3 is 9.47 Å². The monoisotopic (exact) mass is 455 g/mol. The van der Waals surface area contributed by atoms with Crippen molar-refractivity contribution in [3.63, 3.8) is 0 Å². The average molecular weight is 456 g/mol. The Kier molecular flexibility index (Phi) is 5.22. The third kappa shape index (κ3) is 3.62. The van der Waals surface area contributed by atoms with Gasteiger partial charge in [-0.2, -0.15) is 0 Å². The first kappa shape index (κ1) is 20.5. The number of fused-ring (bicyclic) bond motifs is 1. The Morgan fingerprint density at radius 3 is 2.71 bits per heavy atom. The Balaban J connectivity index is 1.42. The maximum absolute atomic E-state index is 13.2. The van der Waals surface area contributed by atoms with Crippen molar-refractivity contribution in [3.8, 4) is 11.5 Å². The number of hydrogen-bond donors (Lipinski definition) is 0. The molecule has 1 aliphatic heterocycles. The van der Waals surface area contributed by atoms with Crippen molar-refractivity contribution in [3.05, 3.63) is 63.5 Å². The first-order valence-electron chi connectivity index (χ1n) is 10.6. The standard InChI is InChI=1S/C23H23Cl2N5O/c1-13-8-16(9-13)15-6-7-26-19(10-15)22-28-27-20-12-29(14(2)11-30(20)22)23(31)17-4-3-5-18(24)21(17)25/h3-7,10,13-14,16H,8-9,11-12H2,1-2H3/t13?,14-,16?/m0/s1. The van der Waals surface area contributed by atoms with E-state index in [9.17, 15) is 4.79 Å². The summed E-state index contributed by atoms with van der Waals surface area (Å²) in [5.41, 5.74) is 2.55. The van der Waals surface area contributed by atoms with E-state index in [1.165, 1.54) is 18.4 Å². The van der Waals surface area contributed by atoms with Crippen LogP contribution in [-0.2, 0) is 13.1 Å². The Labute approximate surface area is 191 Å². The van der Waals surface area contributed by atoms with Crippen molar-refractivity contribution in [2.45, 2.75) is 51.7 Å². The van der Waals surface area contributed by atoms with Gasteiger partial charge in [0.25, 0.3) is 5.91 Å². The molecule has 1 amide bonds. The minimum absolute atomic E-state index is 0.0551. The molecule has 5 rings (SSSR count). The van der Waals surface area contributed by atoms with E-state index < -0.39 is 0 Å². The highest BCUT2D eigenvalue weighted by atomic mass is 35.5. The molecule has 31 heavy (non-hydrogen) atoms. The van der Waals surface area contributed by atoms with Gasteiger partial charge in [0, 0.05) is 18.8 Å². The highest BCUT2D eigenvalue weighted by Gasteiger charge is 2.32. The van der Waals surface area contributed by atoms with Crippen LogP contribution in [0.25, 0.3) is 11.5 Å². The Hall–Kier alpha value is -2.44. The second-order valence-corrected chi connectivity index (χ2v) is 9.47. The first-order valence-corrected chi connectivity index (χ1v) is 11.3. The van der Waals surface area contributed by atoms with E-state index >= 15 is 0 Å². The smallest absolute Gasteiger partial charge is 0.256 e. The van der Waals surface area contributed by atoms with Crippen LogP contribution in [0, 0.1) is 5.92 Å². The predicted molar refractivity (Wildman–Crippen MR) is 120 cm³/mol. The lowest BCUT2D eigenvalue weighted by Crippen LogP contribution is -2.45. The number of halogens is 2. The molecule has 0 saturated heterocycles. The number of aromatic nitrogens is 4. The lowest BCUT2D eigenvalue weighted by Gasteiger charge is -2.34. The fraction of sp³-hybridized carbons (Fsp3) is 0.391. The quantitative estimate of drug-likeness (QED) is 0.543. The molecule has 0 bridgehead atoms. The molecule has 160 valence electrons. The zero-order valence-electron chi connectivity index (χ0n) is 17.4. The van der Waals surface area contributed by atoms with Crippen LogP contribution in [0.4, 0.5) is 0 Å². The van der Waals surface area contributed by atoms with Gasteiger partial charge in [-0.05, 0) is 61.4 Å². The van der Waals surface area contributed by atoms with E-state index in [-0.39, 0.29) is 17.0 Å². The summed E-state index contributed by atoms with van der Waals surface area (Å²) in [6, 6.07) is 9.30. The van der Waals surface area contributed by atoms with E-state index in [1.54, 1.807) is 23.1 Å². The summed E-state index contributed by atoms with van der Waals surface area (Å²) in [5, 5.41) is 9.45. The highest BCUT2D eigenvalue weighted by molar-refractivity contribution is 6.43. The van der Waals surface area contributed by atoms with Crippen molar-refractivity contribution in [1.29, 1.82) is 0 Å². The number of amides is 1. The molecule has 3 aromatic rings. The summed E-state index contributed by atoms with van der Waals surface area (Å²) in [6.45, 7) is 5.25. The van der Waals surface area contributed by atoms with Crippen LogP contribution in [0.15, 0.2) is 36.5 Å². The van der Waals surface area contributed by atoms with Gasteiger partial charge in [0.2, 0.25) is 0 Å². The van der Waals surface area contributed by atoms with Crippen LogP contribution in [0.5, 0.6) is 0 Å². The Morgan fingerprint density at radius 2 is 1.94 bits per heavy atom. The Morgan fingerprint density at radius 1 is 1.13 bits per heavy atom. The maximum atomic E-state index is 13.2. The zero-order chi connectivity index (χ0) is 21.7. The minimum atomic E-state index is -0.157. The van der Waals surface area contributed by atoms with Gasteiger partial charge in [-0.25, -0.2) is 0 Å². The molecule has 1 aromatic carbocycles. The molecule has 0 radical (unpaired) electrons. The van der Waals surface area contributed by atoms with Crippen molar-refractivity contribution < 1.29 is 4.79 Å². The molecule has 3 heterocycles. The minimum Gasteiger partial charge on any atom is -0.327 e. The van der Waals surface area contributed by atoms with Crippen LogP contribution in [-0.4, -0.2) is 36.6 Å². The van der Waals surface area contributed by atoms with Crippen molar-refractivity contribution >= 4 is 29.1 Å². The summed E-state index contributed by atoms with van der Waals surface area (Å²) >= 11 is 12.4. The molecule has 6 nitrogen and oxygen atoms in total. The van der Waals surface area contributed by atoms with E-state index in [1.807, 2.05) is 13.1 Å². The number of benzene rings is 1. The topological polar surface area (TPSA) is 63.9 Å². The van der Waals surface area contributed by atoms with Gasteiger partial charge in [-0.15, -0.1) is 10.2 Å². The number of pyridine rings is 1. The van der Waals surface area contributed by atoms with E-state index in [2.05, 4.69) is 38.8 Å². The van der Waals surface area contributed by atoms with Gasteiger partial charge in [0.05, 0.1) is 22.2 Å². The maximum Gasteiger partial charge on any atom is 0.256 e. The van der Waals surface area contributed by atoms with Gasteiger partial charge >= 0.3 is 0 Å². The average Bonchev–Trinajstić information content (AvgIpc) is 3.15. The SMILES string of the molecule is CC1CC(c2ccnc(-c3nnc4n3C[C@H](C)N(C(=O)c3cccc(Cl)c3Cl)C4)c2)C1. The highest BCUT2D eigenvalue weighted by Crippen LogP contribution is 2.41. The zero-order valence-corrected chi connectivity index (χ0v) is 18.9. The van der Waals surface area contributed by atoms with Gasteiger partial charge in [-0.3, -0.25) is 9.78 Å². The molecular weight excluding hydrogens is 433 g/mol. The summed E-state index contributed by atoms with van der Waals surface area (Å²) in [7, 11) is 0. The largest absolute Gasteiger partial charge is 0.327 e. The molecular formula is C23H23Cl2N5O. The molecule has 0 spiro atoms. The molecule has 0 N–H and O–H groups in total. The summed E-state index contributed by atoms with van der Waals surface area (Å²) < 4.78 is 2.07. The van der Waals surface area contributed by atoms with Crippen LogP contribution < -0.4 is 0 Å². The summed E-state index contributed by atoms with van der Waals surface area (Å²) in [5.74, 6) is 2.73. The third-order valence-corrected chi connectivity index (χ3v) is 7.24. The number of nitrogens with zero attached hydrogens (tertiary/aromatic N) is 5. The molecule has 1 saturated carbocycles. The van der Waals surface area contributed by atoms with Crippen LogP contribution in [0.3, 0.4) is 0 Å². The number of carbonyl (C=O) groups is 1. The number of carbonyl (C=O) groups excluding carboxylic acids is 1. The second-order valence-electron chi connectivity index (χ2n) is 8.68. The number of hydrogen-bond acceptors (Lipinski definition) is 4. The van der Waals surface area contributed by atoms with Crippen LogP contribution in [0.2, 0.25) is 10.0 Å². The van der Waals surface area contributed by atoms with E-state index in [4.69, 9.17) is 23.2 Å². The van der Waals surface area contributed by atoms with Crippen molar-refractivity contribution in [2.75, 3.05) is 0 Å². The van der Waals surface area contributed by atoms with Crippen LogP contribution >= 0.6 is 23.2 Å². The third-order valence-electron chi connectivity index (χ3n) is 6.42. The van der Waals surface area contributed by atoms with Crippen molar-refractivity contribution in [2.24, 2.45) is 5.92 Å². The molecule has 2 aromatic heterocycles. The lowest BCUT2D eigenvalue weighted by molar-refractivity contribution is 0.0612. The molecule has 1 atom stereocenters. The first-order chi connectivity index (χ1) is 14.9.